The molecule has 1 aromatic heterocycles. The van der Waals surface area contributed by atoms with E-state index >= 15 is 0 Å². The van der Waals surface area contributed by atoms with Crippen molar-refractivity contribution in [2.24, 2.45) is 0 Å². The van der Waals surface area contributed by atoms with Crippen molar-refractivity contribution in [3.8, 4) is 0 Å². The summed E-state index contributed by atoms with van der Waals surface area (Å²) in [5, 5.41) is 3.09. The van der Waals surface area contributed by atoms with Gasteiger partial charge < -0.3 is 19.5 Å². The molecule has 3 heterocycles. The number of hydrogen-bond donors (Lipinski definition) is 1. The fraction of sp³-hybridized carbons (Fsp3) is 0.667. The lowest BCUT2D eigenvalue weighted by Gasteiger charge is -2.13. The van der Waals surface area contributed by atoms with Gasteiger partial charge in [-0.1, -0.05) is 0 Å². The van der Waals surface area contributed by atoms with Crippen LogP contribution in [0.2, 0.25) is 0 Å². The minimum Gasteiger partial charge on any atom is -0.462 e. The first kappa shape index (κ1) is 21.2. The Bertz CT molecular complexity index is 825. The number of carbonyl (C=O) groups is 2. The predicted molar refractivity (Wildman–Crippen MR) is 105 cm³/mol. The molecule has 1 unspecified atom stereocenters. The number of nitrogens with one attached hydrogen (secondary N) is 1. The van der Waals surface area contributed by atoms with E-state index in [4.69, 9.17) is 14.2 Å². The Morgan fingerprint density at radius 1 is 1.36 bits per heavy atom. The molecule has 0 saturated carbocycles. The van der Waals surface area contributed by atoms with E-state index in [0.717, 1.165) is 30.8 Å². The molecule has 2 aliphatic rings. The van der Waals surface area contributed by atoms with Gasteiger partial charge in [-0.25, -0.2) is 13.2 Å². The Kier molecular flexibility index (Phi) is 7.08. The van der Waals surface area contributed by atoms with Crippen molar-refractivity contribution in [3.05, 3.63) is 16.0 Å². The van der Waals surface area contributed by atoms with E-state index in [1.54, 1.807) is 6.92 Å². The highest BCUT2D eigenvalue weighted by Crippen LogP contribution is 2.38. The third-order valence-electron chi connectivity index (χ3n) is 4.64. The van der Waals surface area contributed by atoms with E-state index in [2.05, 4.69) is 5.32 Å². The largest absolute Gasteiger partial charge is 0.462 e. The smallest absolute Gasteiger partial charge is 0.341 e. The lowest BCUT2D eigenvalue weighted by molar-refractivity contribution is -0.117. The monoisotopic (exact) mass is 431 g/mol. The number of sulfone groups is 1. The van der Waals surface area contributed by atoms with Gasteiger partial charge in [-0.2, -0.15) is 0 Å². The minimum atomic E-state index is -3.18. The van der Waals surface area contributed by atoms with Crippen LogP contribution < -0.4 is 5.32 Å². The second kappa shape index (κ2) is 9.34. The number of fused-ring (bicyclic) bond motifs is 1. The van der Waals surface area contributed by atoms with Crippen LogP contribution in [0.3, 0.4) is 0 Å². The van der Waals surface area contributed by atoms with Crippen molar-refractivity contribution >= 4 is 38.1 Å². The molecule has 10 heteroatoms. The molecule has 2 aliphatic heterocycles. The van der Waals surface area contributed by atoms with Crippen molar-refractivity contribution in [1.29, 1.82) is 0 Å². The van der Waals surface area contributed by atoms with Crippen LogP contribution >= 0.6 is 11.3 Å². The molecule has 1 atom stereocenters. The number of anilines is 1. The normalized spacial score (nSPS) is 20.5. The summed E-state index contributed by atoms with van der Waals surface area (Å²) in [4.78, 5) is 25.3. The number of ether oxygens (including phenoxy) is 3. The maximum atomic E-state index is 12.4. The molecule has 0 spiro atoms. The minimum absolute atomic E-state index is 0.00635. The lowest BCUT2D eigenvalue weighted by atomic mass is 10.1. The average molecular weight is 432 g/mol. The molecule has 8 nitrogen and oxygen atoms in total. The maximum Gasteiger partial charge on any atom is 0.341 e. The van der Waals surface area contributed by atoms with Gasteiger partial charge in [0.15, 0.2) is 9.84 Å². The van der Waals surface area contributed by atoms with Crippen molar-refractivity contribution in [2.45, 2.75) is 44.5 Å². The summed E-state index contributed by atoms with van der Waals surface area (Å²) in [5.41, 5.74) is 0.952. The molecule has 0 radical (unpaired) electrons. The van der Waals surface area contributed by atoms with Crippen molar-refractivity contribution in [1.82, 2.24) is 0 Å². The summed E-state index contributed by atoms with van der Waals surface area (Å²) in [6.45, 7) is 3.37. The highest BCUT2D eigenvalue weighted by atomic mass is 32.2. The van der Waals surface area contributed by atoms with E-state index < -0.39 is 15.8 Å². The van der Waals surface area contributed by atoms with Gasteiger partial charge in [0.05, 0.1) is 49.4 Å². The zero-order valence-corrected chi connectivity index (χ0v) is 17.5. The summed E-state index contributed by atoms with van der Waals surface area (Å²) in [7, 11) is -3.18. The van der Waals surface area contributed by atoms with Gasteiger partial charge >= 0.3 is 5.97 Å². The summed E-state index contributed by atoms with van der Waals surface area (Å²) < 4.78 is 39.9. The van der Waals surface area contributed by atoms with Crippen LogP contribution in [0.15, 0.2) is 0 Å². The standard InChI is InChI=1S/C18H25NO7S2/c1-2-25-18(21)16-13-6-9-28(22,23)11-14(13)27-17(16)19-15(20)5-8-24-10-12-4-3-7-26-12/h12H,2-11H2,1H3,(H,19,20). The van der Waals surface area contributed by atoms with Crippen LogP contribution in [0, 0.1) is 0 Å². The third kappa shape index (κ3) is 5.31. The van der Waals surface area contributed by atoms with Crippen molar-refractivity contribution in [2.75, 3.05) is 37.5 Å². The van der Waals surface area contributed by atoms with Crippen LogP contribution in [-0.4, -0.2) is 58.6 Å². The van der Waals surface area contributed by atoms with Gasteiger partial charge in [0.25, 0.3) is 0 Å². The van der Waals surface area contributed by atoms with Gasteiger partial charge in [-0.05, 0) is 31.7 Å². The maximum absolute atomic E-state index is 12.4. The van der Waals surface area contributed by atoms with Gasteiger partial charge in [-0.3, -0.25) is 4.79 Å². The number of amides is 1. The van der Waals surface area contributed by atoms with E-state index in [1.807, 2.05) is 0 Å². The van der Waals surface area contributed by atoms with Crippen molar-refractivity contribution < 1.29 is 32.2 Å². The first-order chi connectivity index (χ1) is 13.4. The van der Waals surface area contributed by atoms with Gasteiger partial charge in [0, 0.05) is 11.5 Å². The lowest BCUT2D eigenvalue weighted by Crippen LogP contribution is -2.21. The third-order valence-corrected chi connectivity index (χ3v) is 7.52. The molecule has 1 N–H and O–H groups in total. The number of esters is 1. The highest BCUT2D eigenvalue weighted by molar-refractivity contribution is 7.90. The Morgan fingerprint density at radius 3 is 2.89 bits per heavy atom. The van der Waals surface area contributed by atoms with Crippen LogP contribution in [0.25, 0.3) is 0 Å². The quantitative estimate of drug-likeness (QED) is 0.495. The van der Waals surface area contributed by atoms with Gasteiger partial charge in [0.2, 0.25) is 5.91 Å². The molecular weight excluding hydrogens is 406 g/mol. The summed E-state index contributed by atoms with van der Waals surface area (Å²) in [5.74, 6) is -0.948. The molecule has 1 amide bonds. The molecule has 1 fully saturated rings. The van der Waals surface area contributed by atoms with E-state index in [1.165, 1.54) is 0 Å². The second-order valence-corrected chi connectivity index (χ2v) is 10.1. The molecular formula is C18H25NO7S2. The predicted octanol–water partition coefficient (Wildman–Crippen LogP) is 1.92. The van der Waals surface area contributed by atoms with Crippen molar-refractivity contribution in [3.63, 3.8) is 0 Å². The molecule has 0 aromatic carbocycles. The Labute approximate surface area is 168 Å². The number of rotatable bonds is 8. The molecule has 3 rings (SSSR count). The Balaban J connectivity index is 1.63. The summed E-state index contributed by atoms with van der Waals surface area (Å²) in [6, 6.07) is 0. The average Bonchev–Trinajstić information content (AvgIpc) is 3.25. The van der Waals surface area contributed by atoms with E-state index in [-0.39, 0.29) is 55.1 Å². The zero-order valence-electron chi connectivity index (χ0n) is 15.8. The fourth-order valence-corrected chi connectivity index (χ4v) is 6.33. The molecule has 1 saturated heterocycles. The van der Waals surface area contributed by atoms with Crippen LogP contribution in [0.4, 0.5) is 5.00 Å². The second-order valence-electron chi connectivity index (χ2n) is 6.78. The number of thiophene rings is 1. The van der Waals surface area contributed by atoms with Crippen LogP contribution in [0.5, 0.6) is 0 Å². The zero-order chi connectivity index (χ0) is 20.1. The number of carbonyl (C=O) groups excluding carboxylic acids is 2. The van der Waals surface area contributed by atoms with Gasteiger partial charge in [-0.15, -0.1) is 11.3 Å². The molecule has 1 aromatic rings. The highest BCUT2D eigenvalue weighted by Gasteiger charge is 2.32. The summed E-state index contributed by atoms with van der Waals surface area (Å²) >= 11 is 1.13. The number of hydrogen-bond acceptors (Lipinski definition) is 8. The summed E-state index contributed by atoms with van der Waals surface area (Å²) in [6.07, 6.45) is 2.49. The fourth-order valence-electron chi connectivity index (χ4n) is 3.27. The molecule has 0 aliphatic carbocycles. The van der Waals surface area contributed by atoms with E-state index in [0.29, 0.717) is 22.0 Å². The first-order valence-corrected chi connectivity index (χ1v) is 12.0. The Hall–Kier alpha value is -1.49. The molecule has 0 bridgehead atoms. The van der Waals surface area contributed by atoms with E-state index in [9.17, 15) is 18.0 Å². The van der Waals surface area contributed by atoms with Gasteiger partial charge in [0.1, 0.15) is 5.00 Å². The van der Waals surface area contributed by atoms with Crippen LogP contribution in [-0.2, 0) is 41.0 Å². The molecule has 156 valence electrons. The first-order valence-electron chi connectivity index (χ1n) is 9.41. The topological polar surface area (TPSA) is 108 Å². The Morgan fingerprint density at radius 2 is 2.18 bits per heavy atom. The van der Waals surface area contributed by atoms with Crippen LogP contribution in [0.1, 0.15) is 47.0 Å². The molecule has 28 heavy (non-hydrogen) atoms. The SMILES string of the molecule is CCOC(=O)c1c(NC(=O)CCOCC2CCCO2)sc2c1CCS(=O)(=O)C2.